The van der Waals surface area contributed by atoms with Gasteiger partial charge in [0.25, 0.3) is 0 Å². The molecule has 3 rings (SSSR count). The van der Waals surface area contributed by atoms with E-state index in [1.54, 1.807) is 4.90 Å². The molecule has 0 radical (unpaired) electrons. The molecule has 1 fully saturated rings. The van der Waals surface area contributed by atoms with Gasteiger partial charge in [-0.3, -0.25) is 9.59 Å². The average Bonchev–Trinajstić information content (AvgIpc) is 3.03. The van der Waals surface area contributed by atoms with Crippen LogP contribution in [0.3, 0.4) is 0 Å². The SMILES string of the molecule is O=C(O)CCN(C(=O)Cc1ccc2c(c1)CCC2)C1CCOCC1. The highest BCUT2D eigenvalue weighted by molar-refractivity contribution is 5.80. The molecule has 1 aliphatic carbocycles. The molecule has 5 nitrogen and oxygen atoms in total. The van der Waals surface area contributed by atoms with Crippen molar-refractivity contribution in [1.82, 2.24) is 4.90 Å². The van der Waals surface area contributed by atoms with Gasteiger partial charge >= 0.3 is 5.97 Å². The van der Waals surface area contributed by atoms with Gasteiger partial charge in [0.15, 0.2) is 0 Å². The number of amides is 1. The summed E-state index contributed by atoms with van der Waals surface area (Å²) >= 11 is 0. The zero-order chi connectivity index (χ0) is 16.9. The van der Waals surface area contributed by atoms with E-state index in [0.29, 0.717) is 19.6 Å². The van der Waals surface area contributed by atoms with Crippen molar-refractivity contribution >= 4 is 11.9 Å². The molecule has 0 aromatic heterocycles. The molecule has 5 heteroatoms. The van der Waals surface area contributed by atoms with Crippen molar-refractivity contribution < 1.29 is 19.4 Å². The monoisotopic (exact) mass is 331 g/mol. The second kappa shape index (κ2) is 7.79. The standard InChI is InChI=1S/C19H25NO4/c21-18(13-14-4-5-15-2-1-3-16(15)12-14)20(9-6-19(22)23)17-7-10-24-11-8-17/h4-5,12,17H,1-3,6-11,13H2,(H,22,23). The van der Waals surface area contributed by atoms with E-state index in [1.165, 1.54) is 17.5 Å². The van der Waals surface area contributed by atoms with Crippen LogP contribution in [0.15, 0.2) is 18.2 Å². The van der Waals surface area contributed by atoms with E-state index >= 15 is 0 Å². The Morgan fingerprint density at radius 3 is 2.67 bits per heavy atom. The van der Waals surface area contributed by atoms with Crippen molar-refractivity contribution in [3.05, 3.63) is 34.9 Å². The maximum absolute atomic E-state index is 12.8. The molecule has 0 atom stereocenters. The van der Waals surface area contributed by atoms with Crippen LogP contribution in [0.1, 0.15) is 42.4 Å². The second-order valence-electron chi connectivity index (χ2n) is 6.71. The second-order valence-corrected chi connectivity index (χ2v) is 6.71. The number of carbonyl (C=O) groups excluding carboxylic acids is 1. The summed E-state index contributed by atoms with van der Waals surface area (Å²) in [5.74, 6) is -0.835. The number of hydrogen-bond acceptors (Lipinski definition) is 3. The molecule has 1 saturated heterocycles. The van der Waals surface area contributed by atoms with Crippen LogP contribution in [0, 0.1) is 0 Å². The van der Waals surface area contributed by atoms with E-state index in [4.69, 9.17) is 9.84 Å². The highest BCUT2D eigenvalue weighted by Crippen LogP contribution is 2.24. The van der Waals surface area contributed by atoms with Gasteiger partial charge in [0, 0.05) is 25.8 Å². The number of carboxylic acids is 1. The Morgan fingerprint density at radius 1 is 1.17 bits per heavy atom. The maximum Gasteiger partial charge on any atom is 0.305 e. The van der Waals surface area contributed by atoms with Crippen LogP contribution in [0.5, 0.6) is 0 Å². The fourth-order valence-electron chi connectivity index (χ4n) is 3.74. The largest absolute Gasteiger partial charge is 0.481 e. The first-order valence-electron chi connectivity index (χ1n) is 8.83. The predicted molar refractivity (Wildman–Crippen MR) is 90.0 cm³/mol. The molecule has 0 spiro atoms. The molecular formula is C19H25NO4. The van der Waals surface area contributed by atoms with Crippen LogP contribution in [0.25, 0.3) is 0 Å². The molecule has 2 aliphatic rings. The quantitative estimate of drug-likeness (QED) is 0.868. The van der Waals surface area contributed by atoms with Crippen LogP contribution in [-0.4, -0.2) is 47.7 Å². The van der Waals surface area contributed by atoms with Gasteiger partial charge in [-0.1, -0.05) is 18.2 Å². The third-order valence-corrected chi connectivity index (χ3v) is 5.04. The fourth-order valence-corrected chi connectivity index (χ4v) is 3.74. The molecule has 0 bridgehead atoms. The lowest BCUT2D eigenvalue weighted by Gasteiger charge is -2.34. The van der Waals surface area contributed by atoms with Crippen LogP contribution in [0.4, 0.5) is 0 Å². The van der Waals surface area contributed by atoms with E-state index in [9.17, 15) is 9.59 Å². The number of carboxylic acid groups (broad SMARTS) is 1. The van der Waals surface area contributed by atoms with E-state index in [2.05, 4.69) is 12.1 Å². The zero-order valence-corrected chi connectivity index (χ0v) is 14.0. The topological polar surface area (TPSA) is 66.8 Å². The van der Waals surface area contributed by atoms with Crippen molar-refractivity contribution in [3.63, 3.8) is 0 Å². The number of rotatable bonds is 6. The van der Waals surface area contributed by atoms with E-state index in [1.807, 2.05) is 6.07 Å². The molecule has 1 N–H and O–H groups in total. The Balaban J connectivity index is 1.68. The minimum Gasteiger partial charge on any atom is -0.481 e. The molecule has 130 valence electrons. The highest BCUT2D eigenvalue weighted by atomic mass is 16.5. The van der Waals surface area contributed by atoms with Gasteiger partial charge < -0.3 is 14.7 Å². The number of benzene rings is 1. The van der Waals surface area contributed by atoms with Gasteiger partial charge in [0.2, 0.25) is 5.91 Å². The molecular weight excluding hydrogens is 306 g/mol. The molecule has 1 aromatic rings. The summed E-state index contributed by atoms with van der Waals surface area (Å²) in [5, 5.41) is 8.98. The van der Waals surface area contributed by atoms with Crippen LogP contribution in [-0.2, 0) is 33.6 Å². The molecule has 1 aromatic carbocycles. The van der Waals surface area contributed by atoms with Crippen LogP contribution in [0.2, 0.25) is 0 Å². The predicted octanol–water partition coefficient (Wildman–Crippen LogP) is 2.20. The highest BCUT2D eigenvalue weighted by Gasteiger charge is 2.26. The summed E-state index contributed by atoms with van der Waals surface area (Å²) < 4.78 is 5.37. The minimum atomic E-state index is -0.864. The summed E-state index contributed by atoms with van der Waals surface area (Å²) in [5.41, 5.74) is 3.80. The number of aryl methyl sites for hydroxylation is 2. The minimum absolute atomic E-state index is 0.00666. The third-order valence-electron chi connectivity index (χ3n) is 5.04. The number of hydrogen-bond donors (Lipinski definition) is 1. The average molecular weight is 331 g/mol. The first-order valence-corrected chi connectivity index (χ1v) is 8.83. The summed E-state index contributed by atoms with van der Waals surface area (Å²) in [6.07, 6.45) is 5.35. The maximum atomic E-state index is 12.8. The normalized spacial score (nSPS) is 17.5. The van der Waals surface area contributed by atoms with Crippen molar-refractivity contribution in [1.29, 1.82) is 0 Å². The summed E-state index contributed by atoms with van der Waals surface area (Å²) in [6, 6.07) is 6.43. The van der Waals surface area contributed by atoms with Crippen molar-refractivity contribution in [2.75, 3.05) is 19.8 Å². The fraction of sp³-hybridized carbons (Fsp3) is 0.579. The van der Waals surface area contributed by atoms with E-state index in [0.717, 1.165) is 31.2 Å². The lowest BCUT2D eigenvalue weighted by Crippen LogP contribution is -2.45. The van der Waals surface area contributed by atoms with Gasteiger partial charge in [0.1, 0.15) is 0 Å². The van der Waals surface area contributed by atoms with Crippen molar-refractivity contribution in [3.8, 4) is 0 Å². The van der Waals surface area contributed by atoms with Gasteiger partial charge in [0.05, 0.1) is 12.8 Å². The van der Waals surface area contributed by atoms with Crippen LogP contribution < -0.4 is 0 Å². The van der Waals surface area contributed by atoms with Crippen molar-refractivity contribution in [2.45, 2.75) is 51.0 Å². The first kappa shape index (κ1) is 17.0. The van der Waals surface area contributed by atoms with E-state index < -0.39 is 5.97 Å². The number of fused-ring (bicyclic) bond motifs is 1. The Labute approximate surface area is 142 Å². The van der Waals surface area contributed by atoms with Crippen LogP contribution >= 0.6 is 0 Å². The molecule has 0 saturated carbocycles. The van der Waals surface area contributed by atoms with Crippen molar-refractivity contribution in [2.24, 2.45) is 0 Å². The molecule has 0 unspecified atom stereocenters. The molecule has 1 heterocycles. The zero-order valence-electron chi connectivity index (χ0n) is 14.0. The number of carbonyl (C=O) groups is 2. The van der Waals surface area contributed by atoms with Gasteiger partial charge in [-0.05, 0) is 48.8 Å². The first-order chi connectivity index (χ1) is 11.6. The molecule has 1 aliphatic heterocycles. The van der Waals surface area contributed by atoms with Gasteiger partial charge in [-0.25, -0.2) is 0 Å². The molecule has 1 amide bonds. The van der Waals surface area contributed by atoms with Gasteiger partial charge in [-0.15, -0.1) is 0 Å². The summed E-state index contributed by atoms with van der Waals surface area (Å²) in [6.45, 7) is 1.56. The Bertz CT molecular complexity index is 607. The Kier molecular flexibility index (Phi) is 5.51. The number of nitrogens with zero attached hydrogens (tertiary/aromatic N) is 1. The summed E-state index contributed by atoms with van der Waals surface area (Å²) in [4.78, 5) is 25.5. The van der Waals surface area contributed by atoms with Gasteiger partial charge in [-0.2, -0.15) is 0 Å². The lowest BCUT2D eigenvalue weighted by atomic mass is 10.0. The Hall–Kier alpha value is -1.88. The number of aliphatic carboxylic acids is 1. The smallest absolute Gasteiger partial charge is 0.305 e. The third kappa shape index (κ3) is 4.15. The lowest BCUT2D eigenvalue weighted by molar-refractivity contribution is -0.140. The Morgan fingerprint density at radius 2 is 1.92 bits per heavy atom. The number of ether oxygens (including phenoxy) is 1. The van der Waals surface area contributed by atoms with E-state index in [-0.39, 0.29) is 24.9 Å². The molecule has 24 heavy (non-hydrogen) atoms. The summed E-state index contributed by atoms with van der Waals surface area (Å²) in [7, 11) is 0.